The van der Waals surface area contributed by atoms with Crippen LogP contribution < -0.4 is 11.1 Å². The van der Waals surface area contributed by atoms with Gasteiger partial charge in [0.05, 0.1) is 7.11 Å². The first-order valence-corrected chi connectivity index (χ1v) is 5.57. The number of hydrogen-bond acceptors (Lipinski definition) is 6. The van der Waals surface area contributed by atoms with Crippen molar-refractivity contribution in [2.24, 2.45) is 0 Å². The second-order valence-corrected chi connectivity index (χ2v) is 3.57. The summed E-state index contributed by atoms with van der Waals surface area (Å²) in [5.74, 6) is 0.716. The highest BCUT2D eigenvalue weighted by Crippen LogP contribution is 2.19. The molecule has 1 rings (SSSR count). The van der Waals surface area contributed by atoms with Gasteiger partial charge in [0.2, 0.25) is 0 Å². The Labute approximate surface area is 101 Å². The average Bonchev–Trinajstić information content (AvgIpc) is 2.35. The molecule has 0 radical (unpaired) electrons. The molecule has 0 saturated carbocycles. The normalized spacial score (nSPS) is 11.9. The van der Waals surface area contributed by atoms with Gasteiger partial charge in [-0.1, -0.05) is 13.8 Å². The highest BCUT2D eigenvalue weighted by Gasteiger charge is 2.19. The van der Waals surface area contributed by atoms with Crippen LogP contribution in [0.3, 0.4) is 0 Å². The van der Waals surface area contributed by atoms with E-state index in [-0.39, 0.29) is 5.97 Å². The van der Waals surface area contributed by atoms with Crippen LogP contribution in [0.1, 0.15) is 25.8 Å². The molecule has 0 fully saturated rings. The van der Waals surface area contributed by atoms with Gasteiger partial charge in [0.15, 0.2) is 0 Å². The maximum absolute atomic E-state index is 11.5. The lowest BCUT2D eigenvalue weighted by atomic mass is 10.2. The Morgan fingerprint density at radius 2 is 2.24 bits per heavy atom. The molecule has 1 atom stereocenters. The van der Waals surface area contributed by atoms with E-state index in [4.69, 9.17) is 10.5 Å². The number of methoxy groups -OCH3 is 1. The third-order valence-electron chi connectivity index (χ3n) is 2.54. The van der Waals surface area contributed by atoms with E-state index >= 15 is 0 Å². The Balaban J connectivity index is 2.93. The zero-order chi connectivity index (χ0) is 12.8. The molecule has 3 N–H and O–H groups in total. The molecule has 94 valence electrons. The summed E-state index contributed by atoms with van der Waals surface area (Å²) in [7, 11) is 1.36. The molecule has 1 heterocycles. The minimum atomic E-state index is -0.417. The maximum atomic E-state index is 11.5. The predicted molar refractivity (Wildman–Crippen MR) is 65.5 cm³/mol. The summed E-state index contributed by atoms with van der Waals surface area (Å²) in [4.78, 5) is 19.5. The summed E-state index contributed by atoms with van der Waals surface area (Å²) >= 11 is 0. The fourth-order valence-corrected chi connectivity index (χ4v) is 1.53. The summed E-state index contributed by atoms with van der Waals surface area (Å²) in [5.41, 5.74) is 6.57. The number of hydrogen-bond donors (Lipinski definition) is 2. The van der Waals surface area contributed by atoms with Crippen LogP contribution in [-0.4, -0.2) is 29.1 Å². The first kappa shape index (κ1) is 13.2. The monoisotopic (exact) mass is 238 g/mol. The number of ether oxygens (including phenoxy) is 1. The number of carbonyl (C=O) groups is 1. The Kier molecular flexibility index (Phi) is 4.68. The average molecular weight is 238 g/mol. The molecule has 0 aromatic carbocycles. The molecule has 1 unspecified atom stereocenters. The van der Waals surface area contributed by atoms with Crippen LogP contribution in [0, 0.1) is 0 Å². The van der Waals surface area contributed by atoms with Gasteiger partial charge in [0, 0.05) is 5.56 Å². The van der Waals surface area contributed by atoms with Crippen molar-refractivity contribution in [1.29, 1.82) is 0 Å². The van der Waals surface area contributed by atoms with E-state index in [0.717, 1.165) is 5.56 Å². The number of esters is 1. The third kappa shape index (κ3) is 3.05. The van der Waals surface area contributed by atoms with Crippen molar-refractivity contribution in [3.63, 3.8) is 0 Å². The molecule has 0 aliphatic rings. The quantitative estimate of drug-likeness (QED) is 0.743. The minimum absolute atomic E-state index is 0.313. The van der Waals surface area contributed by atoms with Crippen molar-refractivity contribution in [2.45, 2.75) is 32.7 Å². The molecule has 6 heteroatoms. The fraction of sp³-hybridized carbons (Fsp3) is 0.545. The highest BCUT2D eigenvalue weighted by atomic mass is 16.5. The van der Waals surface area contributed by atoms with Crippen molar-refractivity contribution in [3.05, 3.63) is 11.9 Å². The van der Waals surface area contributed by atoms with Crippen molar-refractivity contribution < 1.29 is 9.53 Å². The molecular formula is C11H18N4O2. The lowest BCUT2D eigenvalue weighted by molar-refractivity contribution is -0.141. The Bertz CT molecular complexity index is 395. The van der Waals surface area contributed by atoms with E-state index in [1.807, 2.05) is 13.8 Å². The van der Waals surface area contributed by atoms with Crippen molar-refractivity contribution in [3.8, 4) is 0 Å². The lowest BCUT2D eigenvalue weighted by Crippen LogP contribution is -2.30. The van der Waals surface area contributed by atoms with E-state index in [2.05, 4.69) is 15.3 Å². The predicted octanol–water partition coefficient (Wildman–Crippen LogP) is 0.985. The van der Waals surface area contributed by atoms with Crippen LogP contribution in [-0.2, 0) is 16.0 Å². The molecule has 0 bridgehead atoms. The summed E-state index contributed by atoms with van der Waals surface area (Å²) in [5, 5.41) is 3.03. The first-order valence-electron chi connectivity index (χ1n) is 5.57. The molecule has 6 nitrogen and oxygen atoms in total. The second kappa shape index (κ2) is 6.03. The van der Waals surface area contributed by atoms with Crippen molar-refractivity contribution >= 4 is 17.6 Å². The van der Waals surface area contributed by atoms with Gasteiger partial charge < -0.3 is 15.8 Å². The van der Waals surface area contributed by atoms with Gasteiger partial charge in [-0.15, -0.1) is 0 Å². The zero-order valence-corrected chi connectivity index (χ0v) is 10.4. The highest BCUT2D eigenvalue weighted by molar-refractivity contribution is 5.79. The number of nitrogens with one attached hydrogen (secondary N) is 1. The Hall–Kier alpha value is -1.85. The van der Waals surface area contributed by atoms with Gasteiger partial charge in [-0.2, -0.15) is 0 Å². The molecule has 0 aliphatic heterocycles. The smallest absolute Gasteiger partial charge is 0.328 e. The Morgan fingerprint density at radius 1 is 1.53 bits per heavy atom. The standard InChI is InChI=1S/C11H18N4O2/c1-4-7-9(12)13-6-14-10(7)15-8(5-2)11(16)17-3/h6,8H,4-5H2,1-3H3,(H3,12,13,14,15). The molecular weight excluding hydrogens is 220 g/mol. The topological polar surface area (TPSA) is 90.1 Å². The van der Waals surface area contributed by atoms with E-state index in [1.165, 1.54) is 13.4 Å². The van der Waals surface area contributed by atoms with Crippen LogP contribution >= 0.6 is 0 Å². The summed E-state index contributed by atoms with van der Waals surface area (Å²) in [6.45, 7) is 3.85. The third-order valence-corrected chi connectivity index (χ3v) is 2.54. The van der Waals surface area contributed by atoms with E-state index in [9.17, 15) is 4.79 Å². The molecule has 1 aromatic rings. The molecule has 0 amide bonds. The van der Waals surface area contributed by atoms with Crippen LogP contribution in [0.4, 0.5) is 11.6 Å². The number of nitrogens with two attached hydrogens (primary N) is 1. The van der Waals surface area contributed by atoms with Gasteiger partial charge in [0.1, 0.15) is 24.0 Å². The van der Waals surface area contributed by atoms with Crippen LogP contribution in [0.2, 0.25) is 0 Å². The Morgan fingerprint density at radius 3 is 2.76 bits per heavy atom. The molecule has 17 heavy (non-hydrogen) atoms. The lowest BCUT2D eigenvalue weighted by Gasteiger charge is -2.17. The van der Waals surface area contributed by atoms with Crippen LogP contribution in [0.25, 0.3) is 0 Å². The zero-order valence-electron chi connectivity index (χ0n) is 10.4. The number of nitrogens with zero attached hydrogens (tertiary/aromatic N) is 2. The number of aromatic nitrogens is 2. The summed E-state index contributed by atoms with van der Waals surface area (Å²) in [6, 6.07) is -0.417. The summed E-state index contributed by atoms with van der Waals surface area (Å²) in [6.07, 6.45) is 2.69. The van der Waals surface area contributed by atoms with Gasteiger partial charge in [0.25, 0.3) is 0 Å². The maximum Gasteiger partial charge on any atom is 0.328 e. The van der Waals surface area contributed by atoms with Gasteiger partial charge in [-0.05, 0) is 12.8 Å². The first-order chi connectivity index (χ1) is 8.13. The van der Waals surface area contributed by atoms with Gasteiger partial charge >= 0.3 is 5.97 Å². The van der Waals surface area contributed by atoms with Crippen molar-refractivity contribution in [2.75, 3.05) is 18.2 Å². The van der Waals surface area contributed by atoms with Gasteiger partial charge in [-0.3, -0.25) is 0 Å². The molecule has 0 spiro atoms. The number of nitrogen functional groups attached to an aromatic ring is 1. The van der Waals surface area contributed by atoms with Gasteiger partial charge in [-0.25, -0.2) is 14.8 Å². The number of anilines is 2. The fourth-order valence-electron chi connectivity index (χ4n) is 1.53. The SMILES string of the molecule is CCc1c(N)ncnc1NC(CC)C(=O)OC. The largest absolute Gasteiger partial charge is 0.467 e. The van der Waals surface area contributed by atoms with E-state index in [0.29, 0.717) is 24.5 Å². The molecule has 0 saturated heterocycles. The second-order valence-electron chi connectivity index (χ2n) is 3.57. The number of rotatable bonds is 5. The van der Waals surface area contributed by atoms with E-state index in [1.54, 1.807) is 0 Å². The minimum Gasteiger partial charge on any atom is -0.467 e. The molecule has 1 aromatic heterocycles. The molecule has 0 aliphatic carbocycles. The number of carbonyl (C=O) groups excluding carboxylic acids is 1. The van der Waals surface area contributed by atoms with Crippen LogP contribution in [0.15, 0.2) is 6.33 Å². The summed E-state index contributed by atoms with van der Waals surface area (Å²) < 4.78 is 4.70. The van der Waals surface area contributed by atoms with E-state index < -0.39 is 6.04 Å². The van der Waals surface area contributed by atoms with Crippen molar-refractivity contribution in [1.82, 2.24) is 9.97 Å². The van der Waals surface area contributed by atoms with Crippen LogP contribution in [0.5, 0.6) is 0 Å².